The molecule has 0 radical (unpaired) electrons. The molecule has 0 aromatic heterocycles. The number of aryl methyl sites for hydroxylation is 1. The molecule has 1 saturated carbocycles. The van der Waals surface area contributed by atoms with E-state index in [1.807, 2.05) is 13.0 Å². The van der Waals surface area contributed by atoms with Gasteiger partial charge in [0.05, 0.1) is 12.6 Å². The van der Waals surface area contributed by atoms with Crippen LogP contribution in [0.5, 0.6) is 0 Å². The third kappa shape index (κ3) is 3.48. The van der Waals surface area contributed by atoms with E-state index in [4.69, 9.17) is 5.11 Å². The zero-order valence-corrected chi connectivity index (χ0v) is 11.9. The van der Waals surface area contributed by atoms with E-state index >= 15 is 0 Å². The Hall–Kier alpha value is -1.62. The summed E-state index contributed by atoms with van der Waals surface area (Å²) in [5.74, 6) is -0.266. The number of hydrogen-bond acceptors (Lipinski definition) is 2. The summed E-state index contributed by atoms with van der Waals surface area (Å²) < 4.78 is 13.5. The Morgan fingerprint density at radius 1 is 1.55 bits per heavy atom. The first kappa shape index (κ1) is 14.8. The molecule has 1 aromatic rings. The van der Waals surface area contributed by atoms with Crippen LogP contribution in [0, 0.1) is 12.7 Å². The monoisotopic (exact) mass is 280 g/mol. The molecule has 0 spiro atoms. The summed E-state index contributed by atoms with van der Waals surface area (Å²) in [5.41, 5.74) is 1.33. The molecule has 1 aromatic carbocycles. The molecule has 110 valence electrons. The van der Waals surface area contributed by atoms with Gasteiger partial charge in [-0.2, -0.15) is 0 Å². The normalized spacial score (nSPS) is 15.8. The summed E-state index contributed by atoms with van der Waals surface area (Å²) in [6, 6.07) is 4.75. The van der Waals surface area contributed by atoms with Crippen LogP contribution >= 0.6 is 0 Å². The lowest BCUT2D eigenvalue weighted by Gasteiger charge is -2.24. The van der Waals surface area contributed by atoms with Crippen molar-refractivity contribution >= 4 is 6.03 Å². The Balaban J connectivity index is 2.00. The van der Waals surface area contributed by atoms with Gasteiger partial charge in [0.25, 0.3) is 0 Å². The highest BCUT2D eigenvalue weighted by Crippen LogP contribution is 2.27. The van der Waals surface area contributed by atoms with Crippen molar-refractivity contribution in [3.63, 3.8) is 0 Å². The second-order valence-electron chi connectivity index (χ2n) is 5.33. The number of carbonyl (C=O) groups is 1. The predicted octanol–water partition coefficient (Wildman–Crippen LogP) is 2.36. The van der Waals surface area contributed by atoms with Crippen LogP contribution in [0.4, 0.5) is 9.18 Å². The Morgan fingerprint density at radius 2 is 2.25 bits per heavy atom. The van der Waals surface area contributed by atoms with Crippen molar-refractivity contribution < 1.29 is 14.3 Å². The number of halogens is 1. The minimum atomic E-state index is -0.266. The van der Waals surface area contributed by atoms with Crippen molar-refractivity contribution in [3.8, 4) is 0 Å². The molecule has 1 aliphatic carbocycles. The van der Waals surface area contributed by atoms with E-state index < -0.39 is 0 Å². The van der Waals surface area contributed by atoms with E-state index in [-0.39, 0.29) is 30.5 Å². The van der Waals surface area contributed by atoms with Gasteiger partial charge < -0.3 is 15.3 Å². The second-order valence-corrected chi connectivity index (χ2v) is 5.33. The molecule has 0 heterocycles. The van der Waals surface area contributed by atoms with Gasteiger partial charge in [0, 0.05) is 12.6 Å². The largest absolute Gasteiger partial charge is 0.395 e. The number of nitrogens with one attached hydrogen (secondary N) is 1. The third-order valence-electron chi connectivity index (χ3n) is 3.63. The lowest BCUT2D eigenvalue weighted by molar-refractivity contribution is 0.171. The average Bonchev–Trinajstić information content (AvgIpc) is 3.23. The van der Waals surface area contributed by atoms with Gasteiger partial charge in [0.15, 0.2) is 0 Å². The Morgan fingerprint density at radius 3 is 2.80 bits per heavy atom. The average molecular weight is 280 g/mol. The maximum absolute atomic E-state index is 13.5. The molecule has 1 fully saturated rings. The van der Waals surface area contributed by atoms with Crippen molar-refractivity contribution in [1.82, 2.24) is 10.2 Å². The minimum absolute atomic E-state index is 0.0442. The van der Waals surface area contributed by atoms with Crippen molar-refractivity contribution in [1.29, 1.82) is 0 Å². The van der Waals surface area contributed by atoms with Gasteiger partial charge in [-0.1, -0.05) is 12.1 Å². The standard InChI is InChI=1S/C15H21FN2O2/c1-10-3-4-12(9-14(10)16)11(2)17-15(20)18(7-8-19)13-5-6-13/h3-4,9,11,13,19H,5-8H2,1-2H3,(H,17,20). The van der Waals surface area contributed by atoms with Gasteiger partial charge in [-0.25, -0.2) is 9.18 Å². The van der Waals surface area contributed by atoms with Crippen molar-refractivity contribution in [2.24, 2.45) is 0 Å². The topological polar surface area (TPSA) is 52.6 Å². The lowest BCUT2D eigenvalue weighted by atomic mass is 10.1. The first-order chi connectivity index (χ1) is 9.52. The first-order valence-corrected chi connectivity index (χ1v) is 6.97. The van der Waals surface area contributed by atoms with Crippen molar-refractivity contribution in [2.45, 2.75) is 38.8 Å². The second kappa shape index (κ2) is 6.22. The molecule has 5 heteroatoms. The molecule has 1 aliphatic rings. The van der Waals surface area contributed by atoms with Crippen LogP contribution in [0.15, 0.2) is 18.2 Å². The van der Waals surface area contributed by atoms with E-state index in [9.17, 15) is 9.18 Å². The summed E-state index contributed by atoms with van der Waals surface area (Å²) in [6.45, 7) is 3.83. The van der Waals surface area contributed by atoms with Crippen molar-refractivity contribution in [2.75, 3.05) is 13.2 Å². The molecule has 2 N–H and O–H groups in total. The summed E-state index contributed by atoms with van der Waals surface area (Å²) in [7, 11) is 0. The van der Waals surface area contributed by atoms with E-state index in [0.29, 0.717) is 12.1 Å². The molecule has 0 saturated heterocycles. The van der Waals surface area contributed by atoms with Gasteiger partial charge in [-0.15, -0.1) is 0 Å². The lowest BCUT2D eigenvalue weighted by Crippen LogP contribution is -2.43. The van der Waals surface area contributed by atoms with Crippen molar-refractivity contribution in [3.05, 3.63) is 35.1 Å². The molecule has 2 amide bonds. The molecule has 0 aliphatic heterocycles. The Kier molecular flexibility index (Phi) is 4.60. The van der Waals surface area contributed by atoms with E-state index in [0.717, 1.165) is 18.4 Å². The fraction of sp³-hybridized carbons (Fsp3) is 0.533. The zero-order chi connectivity index (χ0) is 14.7. The molecule has 4 nitrogen and oxygen atoms in total. The molecule has 2 rings (SSSR count). The minimum Gasteiger partial charge on any atom is -0.395 e. The fourth-order valence-corrected chi connectivity index (χ4v) is 2.17. The maximum atomic E-state index is 13.5. The maximum Gasteiger partial charge on any atom is 0.318 e. The molecule has 0 bridgehead atoms. The summed E-state index contributed by atoms with van der Waals surface area (Å²) >= 11 is 0. The highest BCUT2D eigenvalue weighted by Gasteiger charge is 2.32. The number of nitrogens with zero attached hydrogens (tertiary/aromatic N) is 1. The number of carbonyl (C=O) groups excluding carboxylic acids is 1. The molecule has 1 atom stereocenters. The SMILES string of the molecule is Cc1ccc(C(C)NC(=O)N(CCO)C2CC2)cc1F. The summed E-state index contributed by atoms with van der Waals surface area (Å²) in [4.78, 5) is 13.8. The van der Waals surface area contributed by atoms with Gasteiger partial charge in [0.1, 0.15) is 5.82 Å². The number of rotatable bonds is 5. The van der Waals surface area contributed by atoms with Crippen LogP contribution in [-0.2, 0) is 0 Å². The predicted molar refractivity (Wildman–Crippen MR) is 74.9 cm³/mol. The molecule has 1 unspecified atom stereocenters. The third-order valence-corrected chi connectivity index (χ3v) is 3.63. The van der Waals surface area contributed by atoms with Gasteiger partial charge >= 0.3 is 6.03 Å². The van der Waals surface area contributed by atoms with Crippen LogP contribution in [0.3, 0.4) is 0 Å². The van der Waals surface area contributed by atoms with Gasteiger partial charge in [0.2, 0.25) is 0 Å². The smallest absolute Gasteiger partial charge is 0.318 e. The molecular weight excluding hydrogens is 259 g/mol. The van der Waals surface area contributed by atoms with E-state index in [2.05, 4.69) is 5.32 Å². The quantitative estimate of drug-likeness (QED) is 0.870. The molecular formula is C15H21FN2O2. The van der Waals surface area contributed by atoms with E-state index in [1.54, 1.807) is 17.9 Å². The first-order valence-electron chi connectivity index (χ1n) is 6.97. The Bertz CT molecular complexity index is 489. The summed E-state index contributed by atoms with van der Waals surface area (Å²) in [6.07, 6.45) is 1.97. The zero-order valence-electron chi connectivity index (χ0n) is 11.9. The van der Waals surface area contributed by atoms with Crippen LogP contribution in [0.1, 0.15) is 36.9 Å². The molecule has 20 heavy (non-hydrogen) atoms. The van der Waals surface area contributed by atoms with Gasteiger partial charge in [-0.3, -0.25) is 0 Å². The number of benzene rings is 1. The van der Waals surface area contributed by atoms with Crippen LogP contribution < -0.4 is 5.32 Å². The number of hydrogen-bond donors (Lipinski definition) is 2. The van der Waals surface area contributed by atoms with Crippen LogP contribution in [-0.4, -0.2) is 35.2 Å². The number of urea groups is 1. The van der Waals surface area contributed by atoms with Crippen LogP contribution in [0.2, 0.25) is 0 Å². The number of aliphatic hydroxyl groups excluding tert-OH is 1. The Labute approximate surface area is 118 Å². The highest BCUT2D eigenvalue weighted by molar-refractivity contribution is 5.75. The number of amides is 2. The number of aliphatic hydroxyl groups is 1. The summed E-state index contributed by atoms with van der Waals surface area (Å²) in [5, 5.41) is 11.9. The fourth-order valence-electron chi connectivity index (χ4n) is 2.17. The highest BCUT2D eigenvalue weighted by atomic mass is 19.1. The van der Waals surface area contributed by atoms with Gasteiger partial charge in [-0.05, 0) is 43.9 Å². The van der Waals surface area contributed by atoms with E-state index in [1.165, 1.54) is 6.07 Å². The van der Waals surface area contributed by atoms with Crippen LogP contribution in [0.25, 0.3) is 0 Å².